The van der Waals surface area contributed by atoms with Gasteiger partial charge in [-0.25, -0.2) is 9.13 Å². The van der Waals surface area contributed by atoms with Crippen LogP contribution in [-0.4, -0.2) is 96.7 Å². The van der Waals surface area contributed by atoms with E-state index in [1.54, 1.807) is 0 Å². The second-order valence-corrected chi connectivity index (χ2v) is 29.6. The molecule has 91 heavy (non-hydrogen) atoms. The molecular weight excluding hydrogens is 1200 g/mol. The van der Waals surface area contributed by atoms with Gasteiger partial charge in [0, 0.05) is 25.7 Å². The predicted octanol–water partition coefficient (Wildman–Crippen LogP) is 20.2. The number of carbonyl (C=O) groups excluding carboxylic acids is 4. The molecule has 0 fully saturated rings. The molecule has 0 aliphatic carbocycles. The molecular formula is C72H136O17P2. The standard InChI is InChI=1S/C72H136O17P2/c1-8-9-10-11-12-13-14-15-16-21-24-27-32-41-48-55-71(76)88-67(59-82-69(74)53-46-39-31-26-23-20-18-17-19-22-25-29-36-43-50-63(2)3)61-86-90(78,79)84-57-66(73)58-85-91(80,81)87-62-68(60-83-70(75)54-47-40-35-34-38-45-52-65(6)7)89-72(77)56-49-42-33-28-30-37-44-51-64(4)5/h13-16,63-68,73H,8-12,17-62H2,1-7H3,(H,78,79)(H,80,81)/b14-13-,16-15-/t66-,67-,68-/m1/s1. The third-order valence-corrected chi connectivity index (χ3v) is 17.9. The van der Waals surface area contributed by atoms with Gasteiger partial charge in [-0.05, 0) is 69.1 Å². The van der Waals surface area contributed by atoms with E-state index >= 15 is 0 Å². The molecule has 0 amide bonds. The van der Waals surface area contributed by atoms with Crippen molar-refractivity contribution < 1.29 is 80.2 Å². The number of aliphatic hydroxyl groups is 1. The van der Waals surface area contributed by atoms with E-state index in [-0.39, 0.29) is 25.7 Å². The summed E-state index contributed by atoms with van der Waals surface area (Å²) in [5.41, 5.74) is 0. The summed E-state index contributed by atoms with van der Waals surface area (Å²) in [5, 5.41) is 10.6. The maximum Gasteiger partial charge on any atom is 0.472 e. The van der Waals surface area contributed by atoms with Crippen molar-refractivity contribution in [1.82, 2.24) is 0 Å². The smallest absolute Gasteiger partial charge is 0.462 e. The normalized spacial score (nSPS) is 14.3. The number of phosphoric ester groups is 2. The molecule has 0 aliphatic heterocycles. The summed E-state index contributed by atoms with van der Waals surface area (Å²) in [5.74, 6) is 0.0101. The highest BCUT2D eigenvalue weighted by atomic mass is 31.2. The Morgan fingerprint density at radius 1 is 0.341 bits per heavy atom. The number of ether oxygens (including phenoxy) is 4. The van der Waals surface area contributed by atoms with E-state index in [2.05, 4.69) is 72.8 Å². The number of hydrogen-bond donors (Lipinski definition) is 3. The van der Waals surface area contributed by atoms with Gasteiger partial charge in [-0.3, -0.25) is 37.3 Å². The quantitative estimate of drug-likeness (QED) is 0.0169. The van der Waals surface area contributed by atoms with Crippen molar-refractivity contribution in [2.45, 2.75) is 356 Å². The van der Waals surface area contributed by atoms with Gasteiger partial charge in [0.1, 0.15) is 19.3 Å². The summed E-state index contributed by atoms with van der Waals surface area (Å²) >= 11 is 0. The molecule has 0 aliphatic rings. The van der Waals surface area contributed by atoms with Gasteiger partial charge in [-0.2, -0.15) is 0 Å². The molecule has 19 heteroatoms. The number of carbonyl (C=O) groups is 4. The minimum Gasteiger partial charge on any atom is -0.462 e. The Hall–Kier alpha value is -2.46. The minimum absolute atomic E-state index is 0.0846. The van der Waals surface area contributed by atoms with Crippen LogP contribution in [0.1, 0.15) is 337 Å². The van der Waals surface area contributed by atoms with E-state index < -0.39 is 97.5 Å². The number of allylic oxidation sites excluding steroid dienone is 4. The zero-order valence-electron chi connectivity index (χ0n) is 58.8. The van der Waals surface area contributed by atoms with Crippen molar-refractivity contribution in [2.75, 3.05) is 39.6 Å². The summed E-state index contributed by atoms with van der Waals surface area (Å²) in [6.07, 6.45) is 49.7. The van der Waals surface area contributed by atoms with E-state index in [1.165, 1.54) is 128 Å². The largest absolute Gasteiger partial charge is 0.472 e. The fourth-order valence-electron chi connectivity index (χ4n) is 10.4. The van der Waals surface area contributed by atoms with E-state index in [0.29, 0.717) is 37.5 Å². The molecule has 0 bridgehead atoms. The van der Waals surface area contributed by atoms with Crippen LogP contribution in [0.4, 0.5) is 0 Å². The lowest BCUT2D eigenvalue weighted by molar-refractivity contribution is -0.161. The van der Waals surface area contributed by atoms with Crippen molar-refractivity contribution >= 4 is 39.5 Å². The first kappa shape index (κ1) is 88.5. The lowest BCUT2D eigenvalue weighted by Crippen LogP contribution is -2.30. The Morgan fingerprint density at radius 2 is 0.593 bits per heavy atom. The van der Waals surface area contributed by atoms with Crippen LogP contribution < -0.4 is 0 Å². The van der Waals surface area contributed by atoms with Crippen LogP contribution >= 0.6 is 15.6 Å². The number of aliphatic hydroxyl groups excluding tert-OH is 1. The summed E-state index contributed by atoms with van der Waals surface area (Å²) in [6.45, 7) is 11.7. The highest BCUT2D eigenvalue weighted by molar-refractivity contribution is 7.47. The third-order valence-electron chi connectivity index (χ3n) is 16.0. The third kappa shape index (κ3) is 66.0. The van der Waals surface area contributed by atoms with Gasteiger partial charge in [0.05, 0.1) is 26.4 Å². The fraction of sp³-hybridized carbons (Fsp3) is 0.889. The van der Waals surface area contributed by atoms with Crippen molar-refractivity contribution in [3.05, 3.63) is 24.3 Å². The second kappa shape index (κ2) is 62.4. The molecule has 0 aromatic heterocycles. The van der Waals surface area contributed by atoms with Crippen LogP contribution in [0, 0.1) is 17.8 Å². The Morgan fingerprint density at radius 3 is 0.890 bits per heavy atom. The Bertz CT molecular complexity index is 1880. The van der Waals surface area contributed by atoms with E-state index in [9.17, 15) is 43.2 Å². The molecule has 0 aromatic rings. The Balaban J connectivity index is 5.26. The Kier molecular flexibility index (Phi) is 60.7. The fourth-order valence-corrected chi connectivity index (χ4v) is 11.9. The molecule has 17 nitrogen and oxygen atoms in total. The van der Waals surface area contributed by atoms with Gasteiger partial charge in [0.25, 0.3) is 0 Å². The Labute approximate surface area is 554 Å². The van der Waals surface area contributed by atoms with Gasteiger partial charge >= 0.3 is 39.5 Å². The number of esters is 4. The molecule has 3 N–H and O–H groups in total. The molecule has 0 saturated carbocycles. The molecule has 2 unspecified atom stereocenters. The lowest BCUT2D eigenvalue weighted by atomic mass is 10.0. The van der Waals surface area contributed by atoms with Crippen LogP contribution in [0.3, 0.4) is 0 Å². The monoisotopic (exact) mass is 1330 g/mol. The first-order valence-corrected chi connectivity index (χ1v) is 39.7. The van der Waals surface area contributed by atoms with E-state index in [0.717, 1.165) is 115 Å². The van der Waals surface area contributed by atoms with Crippen molar-refractivity contribution in [1.29, 1.82) is 0 Å². The number of unbranched alkanes of at least 4 members (excludes halogenated alkanes) is 33. The SMILES string of the molecule is CCCCCC/C=C\C=C/CCCCCCCC(=O)O[C@H](COC(=O)CCCCCCCCCCCCCCCCC(C)C)COP(=O)(O)OC[C@@H](O)COP(=O)(O)OC[C@@H](COC(=O)CCCCCCCCC(C)C)OC(=O)CCCCCCCCCC(C)C. The van der Waals surface area contributed by atoms with Gasteiger partial charge in [-0.1, -0.05) is 285 Å². The first-order valence-electron chi connectivity index (χ1n) is 36.7. The highest BCUT2D eigenvalue weighted by Gasteiger charge is 2.30. The van der Waals surface area contributed by atoms with Crippen LogP contribution in [0.25, 0.3) is 0 Å². The van der Waals surface area contributed by atoms with Crippen LogP contribution in [-0.2, 0) is 65.4 Å². The number of phosphoric acid groups is 2. The van der Waals surface area contributed by atoms with E-state index in [4.69, 9.17) is 37.0 Å². The summed E-state index contributed by atoms with van der Waals surface area (Å²) in [4.78, 5) is 72.5. The van der Waals surface area contributed by atoms with Crippen LogP contribution in [0.2, 0.25) is 0 Å². The molecule has 0 heterocycles. The highest BCUT2D eigenvalue weighted by Crippen LogP contribution is 2.45. The molecule has 536 valence electrons. The zero-order chi connectivity index (χ0) is 67.3. The van der Waals surface area contributed by atoms with Crippen LogP contribution in [0.15, 0.2) is 24.3 Å². The van der Waals surface area contributed by atoms with Crippen molar-refractivity contribution in [2.24, 2.45) is 17.8 Å². The van der Waals surface area contributed by atoms with Gasteiger partial charge in [0.15, 0.2) is 12.2 Å². The van der Waals surface area contributed by atoms with Crippen LogP contribution in [0.5, 0.6) is 0 Å². The zero-order valence-corrected chi connectivity index (χ0v) is 60.6. The molecule has 0 rings (SSSR count). The number of rotatable bonds is 68. The molecule has 0 saturated heterocycles. The molecule has 5 atom stereocenters. The van der Waals surface area contributed by atoms with Gasteiger partial charge in [-0.15, -0.1) is 0 Å². The maximum atomic E-state index is 13.0. The second-order valence-electron chi connectivity index (χ2n) is 26.7. The summed E-state index contributed by atoms with van der Waals surface area (Å²) in [6, 6.07) is 0. The average Bonchev–Trinajstić information content (AvgIpc) is 3.69. The minimum atomic E-state index is -4.96. The molecule has 0 radical (unpaired) electrons. The average molecular weight is 1340 g/mol. The lowest BCUT2D eigenvalue weighted by Gasteiger charge is -2.21. The van der Waals surface area contributed by atoms with Gasteiger partial charge in [0.2, 0.25) is 0 Å². The predicted molar refractivity (Wildman–Crippen MR) is 367 cm³/mol. The maximum absolute atomic E-state index is 13.0. The first-order chi connectivity index (χ1) is 43.7. The topological polar surface area (TPSA) is 237 Å². The van der Waals surface area contributed by atoms with E-state index in [1.807, 2.05) is 0 Å². The van der Waals surface area contributed by atoms with Crippen molar-refractivity contribution in [3.63, 3.8) is 0 Å². The summed E-state index contributed by atoms with van der Waals surface area (Å²) in [7, 11) is -9.92. The van der Waals surface area contributed by atoms with Crippen molar-refractivity contribution in [3.8, 4) is 0 Å². The molecule has 0 aromatic carbocycles. The van der Waals surface area contributed by atoms with Gasteiger partial charge < -0.3 is 33.8 Å². The number of hydrogen-bond acceptors (Lipinski definition) is 15. The summed E-state index contributed by atoms with van der Waals surface area (Å²) < 4.78 is 68.2. The molecule has 0 spiro atoms.